The Hall–Kier alpha value is -3.50. The number of rotatable bonds is 4. The first kappa shape index (κ1) is 18.8. The topological polar surface area (TPSA) is 75.3 Å². The highest BCUT2D eigenvalue weighted by Gasteiger charge is 2.36. The van der Waals surface area contributed by atoms with E-state index in [4.69, 9.17) is 4.74 Å². The lowest BCUT2D eigenvalue weighted by atomic mass is 9.95. The zero-order valence-electron chi connectivity index (χ0n) is 16.0. The van der Waals surface area contributed by atoms with Gasteiger partial charge in [0.25, 0.3) is 10.0 Å². The molecule has 3 aromatic rings. The van der Waals surface area contributed by atoms with Crippen LogP contribution < -0.4 is 4.74 Å². The maximum Gasteiger partial charge on any atom is 0.265 e. The molecule has 0 saturated carbocycles. The zero-order chi connectivity index (χ0) is 20.6. The van der Waals surface area contributed by atoms with Crippen molar-refractivity contribution >= 4 is 16.1 Å². The average molecular weight is 405 g/mol. The molecule has 6 nitrogen and oxygen atoms in total. The summed E-state index contributed by atoms with van der Waals surface area (Å²) in [5.41, 5.74) is 2.97. The molecule has 1 atom stereocenters. The van der Waals surface area contributed by atoms with Crippen LogP contribution in [0.4, 0.5) is 0 Å². The monoisotopic (exact) mass is 405 g/mol. The number of hydrogen-bond donors (Lipinski definition) is 0. The molecule has 0 N–H and O–H groups in total. The van der Waals surface area contributed by atoms with E-state index in [0.29, 0.717) is 17.0 Å². The predicted octanol–water partition coefficient (Wildman–Crippen LogP) is 4.03. The van der Waals surface area contributed by atoms with Gasteiger partial charge in [0.05, 0.1) is 23.8 Å². The van der Waals surface area contributed by atoms with E-state index >= 15 is 0 Å². The summed E-state index contributed by atoms with van der Waals surface area (Å²) in [6.07, 6.45) is 6.84. The van der Waals surface area contributed by atoms with E-state index in [1.807, 2.05) is 48.1 Å². The van der Waals surface area contributed by atoms with Crippen LogP contribution in [0.5, 0.6) is 5.75 Å². The third kappa shape index (κ3) is 3.08. The van der Waals surface area contributed by atoms with Crippen LogP contribution in [0.1, 0.15) is 22.7 Å². The molecule has 4 rings (SSSR count). The lowest BCUT2D eigenvalue weighted by Crippen LogP contribution is -2.32. The highest BCUT2D eigenvalue weighted by atomic mass is 32.2. The molecule has 0 radical (unpaired) electrons. The van der Waals surface area contributed by atoms with Crippen molar-refractivity contribution in [2.45, 2.75) is 17.9 Å². The van der Waals surface area contributed by atoms with E-state index in [2.05, 4.69) is 6.07 Å². The van der Waals surface area contributed by atoms with E-state index in [-0.39, 0.29) is 4.90 Å². The number of methoxy groups -OCH3 is 1. The molecule has 146 valence electrons. The molecule has 29 heavy (non-hydrogen) atoms. The molecule has 0 bridgehead atoms. The van der Waals surface area contributed by atoms with Crippen molar-refractivity contribution in [3.63, 3.8) is 0 Å². The van der Waals surface area contributed by atoms with Crippen LogP contribution in [0.25, 0.3) is 11.8 Å². The van der Waals surface area contributed by atoms with Gasteiger partial charge in [0.1, 0.15) is 5.75 Å². The molecule has 0 saturated heterocycles. The smallest absolute Gasteiger partial charge is 0.265 e. The summed E-state index contributed by atoms with van der Waals surface area (Å²) >= 11 is 0. The third-order valence-electron chi connectivity index (χ3n) is 4.94. The molecule has 1 aliphatic heterocycles. The maximum atomic E-state index is 13.3. The van der Waals surface area contributed by atoms with E-state index in [0.717, 1.165) is 15.4 Å². The summed E-state index contributed by atoms with van der Waals surface area (Å²) in [6.45, 7) is 1.89. The van der Waals surface area contributed by atoms with Crippen LogP contribution in [0.3, 0.4) is 0 Å². The largest absolute Gasteiger partial charge is 0.495 e. The normalized spacial score (nSPS) is 15.6. The fourth-order valence-corrected chi connectivity index (χ4v) is 4.86. The van der Waals surface area contributed by atoms with Gasteiger partial charge in [0.2, 0.25) is 0 Å². The van der Waals surface area contributed by atoms with Crippen LogP contribution in [0.15, 0.2) is 72.0 Å². The molecule has 1 aromatic heterocycles. The number of fused-ring (bicyclic) bond motifs is 1. The number of aromatic nitrogens is 1. The van der Waals surface area contributed by atoms with Gasteiger partial charge in [-0.2, -0.15) is 5.26 Å². The van der Waals surface area contributed by atoms with E-state index in [1.165, 1.54) is 6.20 Å². The second kappa shape index (κ2) is 7.15. The van der Waals surface area contributed by atoms with Crippen molar-refractivity contribution in [2.75, 3.05) is 7.11 Å². The van der Waals surface area contributed by atoms with Gasteiger partial charge < -0.3 is 9.30 Å². The standard InChI is InChI=1S/C22H19N3O3S/c1-16-5-8-18(9-6-16)29(26,27)25-14-11-17-7-10-20(28-2)22(21(17)19(25)15-23)24-12-3-4-13-24/h3-14,19H,1-2H3. The summed E-state index contributed by atoms with van der Waals surface area (Å²) < 4.78 is 35.1. The minimum Gasteiger partial charge on any atom is -0.495 e. The lowest BCUT2D eigenvalue weighted by Gasteiger charge is -2.32. The first-order valence-electron chi connectivity index (χ1n) is 8.99. The number of sulfonamides is 1. The van der Waals surface area contributed by atoms with Crippen LogP contribution in [-0.4, -0.2) is 24.4 Å². The molecule has 2 heterocycles. The summed E-state index contributed by atoms with van der Waals surface area (Å²) in [7, 11) is -2.36. The quantitative estimate of drug-likeness (QED) is 0.657. The van der Waals surface area contributed by atoms with Gasteiger partial charge in [-0.05, 0) is 48.9 Å². The first-order valence-corrected chi connectivity index (χ1v) is 10.4. The van der Waals surface area contributed by atoms with Crippen molar-refractivity contribution in [2.24, 2.45) is 0 Å². The number of benzene rings is 2. The number of aryl methyl sites for hydroxylation is 1. The fraction of sp³-hybridized carbons (Fsp3) is 0.136. The Labute approximate surface area is 169 Å². The van der Waals surface area contributed by atoms with Crippen molar-refractivity contribution in [1.29, 1.82) is 5.26 Å². The molecule has 2 aromatic carbocycles. The number of nitrogens with zero attached hydrogens (tertiary/aromatic N) is 3. The number of hydrogen-bond acceptors (Lipinski definition) is 4. The van der Waals surface area contributed by atoms with Gasteiger partial charge in [-0.25, -0.2) is 8.42 Å². The summed E-state index contributed by atoms with van der Waals surface area (Å²) in [4.78, 5) is 0.141. The summed E-state index contributed by atoms with van der Waals surface area (Å²) in [5, 5.41) is 10.0. The fourth-order valence-electron chi connectivity index (χ4n) is 3.49. The van der Waals surface area contributed by atoms with E-state index in [9.17, 15) is 13.7 Å². The second-order valence-corrected chi connectivity index (χ2v) is 8.55. The highest BCUT2D eigenvalue weighted by Crippen LogP contribution is 2.41. The van der Waals surface area contributed by atoms with Crippen LogP contribution in [-0.2, 0) is 10.0 Å². The molecule has 0 aliphatic carbocycles. The Balaban J connectivity index is 1.91. The Morgan fingerprint density at radius 3 is 2.38 bits per heavy atom. The molecule has 0 fully saturated rings. The van der Waals surface area contributed by atoms with Gasteiger partial charge in [-0.3, -0.25) is 4.31 Å². The minimum absolute atomic E-state index is 0.141. The van der Waals surface area contributed by atoms with Crippen molar-refractivity contribution in [1.82, 2.24) is 8.87 Å². The number of ether oxygens (including phenoxy) is 1. The summed E-state index contributed by atoms with van der Waals surface area (Å²) in [6, 6.07) is 15.1. The van der Waals surface area contributed by atoms with Crippen molar-refractivity contribution < 1.29 is 13.2 Å². The molecule has 0 spiro atoms. The number of nitriles is 1. The molecule has 1 aliphatic rings. The van der Waals surface area contributed by atoms with Crippen LogP contribution in [0.2, 0.25) is 0 Å². The molecular formula is C22H19N3O3S. The predicted molar refractivity (Wildman–Crippen MR) is 110 cm³/mol. The van der Waals surface area contributed by atoms with Crippen molar-refractivity contribution in [3.8, 4) is 17.5 Å². The van der Waals surface area contributed by atoms with Crippen LogP contribution >= 0.6 is 0 Å². The van der Waals surface area contributed by atoms with Crippen LogP contribution in [0, 0.1) is 18.3 Å². The van der Waals surface area contributed by atoms with Gasteiger partial charge >= 0.3 is 0 Å². The molecule has 0 amide bonds. The average Bonchev–Trinajstić information content (AvgIpc) is 3.26. The van der Waals surface area contributed by atoms with Gasteiger partial charge in [0, 0.05) is 24.2 Å². The van der Waals surface area contributed by atoms with Crippen molar-refractivity contribution in [3.05, 3.63) is 83.8 Å². The molecule has 7 heteroatoms. The Morgan fingerprint density at radius 2 is 1.76 bits per heavy atom. The zero-order valence-corrected chi connectivity index (χ0v) is 16.8. The molecular weight excluding hydrogens is 386 g/mol. The van der Waals surface area contributed by atoms with E-state index < -0.39 is 16.1 Å². The Bertz CT molecular complexity index is 1220. The molecule has 1 unspecified atom stereocenters. The Morgan fingerprint density at radius 1 is 1.07 bits per heavy atom. The SMILES string of the molecule is COc1ccc2c(c1-n1cccc1)C(C#N)N(S(=O)(=O)c1ccc(C)cc1)C=C2. The third-order valence-corrected chi connectivity index (χ3v) is 6.70. The van der Waals surface area contributed by atoms with E-state index in [1.54, 1.807) is 37.5 Å². The Kier molecular flexibility index (Phi) is 4.65. The van der Waals surface area contributed by atoms with Gasteiger partial charge in [0.15, 0.2) is 6.04 Å². The first-order chi connectivity index (χ1) is 14.0. The second-order valence-electron chi connectivity index (χ2n) is 6.71. The van der Waals surface area contributed by atoms with Gasteiger partial charge in [-0.15, -0.1) is 0 Å². The lowest BCUT2D eigenvalue weighted by molar-refractivity contribution is 0.409. The highest BCUT2D eigenvalue weighted by molar-refractivity contribution is 7.89. The summed E-state index contributed by atoms with van der Waals surface area (Å²) in [5.74, 6) is 0.559. The minimum atomic E-state index is -3.91. The maximum absolute atomic E-state index is 13.3. The van der Waals surface area contributed by atoms with Gasteiger partial charge in [-0.1, -0.05) is 23.8 Å².